The molecule has 2 heterocycles. The van der Waals surface area contributed by atoms with Crippen LogP contribution in [0.1, 0.15) is 31.9 Å². The summed E-state index contributed by atoms with van der Waals surface area (Å²) in [4.78, 5) is 6.78. The van der Waals surface area contributed by atoms with Crippen LogP contribution in [0.5, 0.6) is 0 Å². The largest absolute Gasteiger partial charge is 0.444 e. The van der Waals surface area contributed by atoms with Crippen LogP contribution in [0.4, 0.5) is 0 Å². The molecule has 0 saturated carbocycles. The molecule has 1 aromatic rings. The lowest BCUT2D eigenvalue weighted by atomic mass is 10.1. The Hall–Kier alpha value is -0.870. The first-order valence-corrected chi connectivity index (χ1v) is 6.21. The number of nitrogens with one attached hydrogen (secondary N) is 1. The van der Waals surface area contributed by atoms with Crippen LogP contribution >= 0.6 is 0 Å². The highest BCUT2D eigenvalue weighted by atomic mass is 16.4. The van der Waals surface area contributed by atoms with Gasteiger partial charge in [0, 0.05) is 32.1 Å². The van der Waals surface area contributed by atoms with Gasteiger partial charge in [-0.3, -0.25) is 4.90 Å². The molecule has 1 N–H and O–H groups in total. The second-order valence-corrected chi connectivity index (χ2v) is 4.31. The Labute approximate surface area is 97.0 Å². The Morgan fingerprint density at radius 3 is 3.12 bits per heavy atom. The summed E-state index contributed by atoms with van der Waals surface area (Å²) in [6.07, 6.45) is 3.94. The maximum atomic E-state index is 5.66. The molecule has 1 aliphatic rings. The van der Waals surface area contributed by atoms with Crippen molar-refractivity contribution in [2.45, 2.75) is 39.3 Å². The fourth-order valence-electron chi connectivity index (χ4n) is 2.17. The van der Waals surface area contributed by atoms with E-state index in [2.05, 4.69) is 29.0 Å². The van der Waals surface area contributed by atoms with E-state index >= 15 is 0 Å². The average molecular weight is 223 g/mol. The van der Waals surface area contributed by atoms with Crippen molar-refractivity contribution in [1.82, 2.24) is 15.2 Å². The summed E-state index contributed by atoms with van der Waals surface area (Å²) in [5.41, 5.74) is 0. The number of aryl methyl sites for hydroxylation is 1. The molecule has 1 aliphatic heterocycles. The Bertz CT molecular complexity index is 324. The summed E-state index contributed by atoms with van der Waals surface area (Å²) in [5, 5.41) is 3.43. The predicted octanol–water partition coefficient (Wildman–Crippen LogP) is 1.42. The number of aromatic nitrogens is 1. The van der Waals surface area contributed by atoms with Gasteiger partial charge in [0.15, 0.2) is 0 Å². The summed E-state index contributed by atoms with van der Waals surface area (Å²) in [6.45, 7) is 8.40. The third-order valence-corrected chi connectivity index (χ3v) is 3.23. The highest BCUT2D eigenvalue weighted by Gasteiger charge is 2.21. The van der Waals surface area contributed by atoms with Crippen molar-refractivity contribution in [3.05, 3.63) is 17.8 Å². The van der Waals surface area contributed by atoms with Crippen molar-refractivity contribution in [3.63, 3.8) is 0 Å². The molecular formula is C12H21N3O. The number of oxazole rings is 1. The minimum atomic E-state index is 0.616. The standard InChI is InChI=1S/C12H21N3O/c1-3-10-7-13-5-6-15(10)9-12-14-8-11(4-2)16-12/h8,10,13H,3-7,9H2,1-2H3. The van der Waals surface area contributed by atoms with Gasteiger partial charge in [0.1, 0.15) is 5.76 Å². The van der Waals surface area contributed by atoms with Gasteiger partial charge in [-0.05, 0) is 6.42 Å². The predicted molar refractivity (Wildman–Crippen MR) is 63.2 cm³/mol. The molecule has 0 bridgehead atoms. The van der Waals surface area contributed by atoms with E-state index in [0.717, 1.165) is 44.3 Å². The highest BCUT2D eigenvalue weighted by molar-refractivity contribution is 4.94. The lowest BCUT2D eigenvalue weighted by Crippen LogP contribution is -2.50. The minimum absolute atomic E-state index is 0.616. The van der Waals surface area contributed by atoms with E-state index in [1.165, 1.54) is 6.42 Å². The van der Waals surface area contributed by atoms with Crippen LogP contribution in [0.15, 0.2) is 10.6 Å². The van der Waals surface area contributed by atoms with Gasteiger partial charge in [0.25, 0.3) is 0 Å². The Morgan fingerprint density at radius 2 is 2.44 bits per heavy atom. The number of nitrogens with zero attached hydrogens (tertiary/aromatic N) is 2. The van der Waals surface area contributed by atoms with Crippen LogP contribution in [0, 0.1) is 0 Å². The van der Waals surface area contributed by atoms with E-state index in [9.17, 15) is 0 Å². The van der Waals surface area contributed by atoms with Crippen molar-refractivity contribution < 1.29 is 4.42 Å². The maximum absolute atomic E-state index is 5.66. The van der Waals surface area contributed by atoms with E-state index in [0.29, 0.717) is 6.04 Å². The Kier molecular flexibility index (Phi) is 3.96. The van der Waals surface area contributed by atoms with E-state index in [1.807, 2.05) is 6.20 Å². The molecule has 2 rings (SSSR count). The fourth-order valence-corrected chi connectivity index (χ4v) is 2.17. The summed E-state index contributed by atoms with van der Waals surface area (Å²) in [5.74, 6) is 1.84. The van der Waals surface area contributed by atoms with Gasteiger partial charge in [0.2, 0.25) is 5.89 Å². The maximum Gasteiger partial charge on any atom is 0.208 e. The minimum Gasteiger partial charge on any atom is -0.444 e. The first kappa shape index (κ1) is 11.6. The normalized spacial score (nSPS) is 22.5. The molecule has 1 saturated heterocycles. The Balaban J connectivity index is 1.96. The molecule has 0 amide bonds. The van der Waals surface area contributed by atoms with Crippen LogP contribution in [0.3, 0.4) is 0 Å². The number of rotatable bonds is 4. The molecule has 1 fully saturated rings. The molecule has 1 unspecified atom stereocenters. The molecule has 1 atom stereocenters. The summed E-state index contributed by atoms with van der Waals surface area (Å²) < 4.78 is 5.66. The van der Waals surface area contributed by atoms with Crippen LogP contribution in [-0.2, 0) is 13.0 Å². The quantitative estimate of drug-likeness (QED) is 0.838. The second-order valence-electron chi connectivity index (χ2n) is 4.31. The van der Waals surface area contributed by atoms with Gasteiger partial charge < -0.3 is 9.73 Å². The van der Waals surface area contributed by atoms with Gasteiger partial charge in [-0.1, -0.05) is 13.8 Å². The zero-order chi connectivity index (χ0) is 11.4. The first-order chi connectivity index (χ1) is 7.83. The van der Waals surface area contributed by atoms with Crippen LogP contribution in [0.25, 0.3) is 0 Å². The fraction of sp³-hybridized carbons (Fsp3) is 0.750. The van der Waals surface area contributed by atoms with E-state index < -0.39 is 0 Å². The lowest BCUT2D eigenvalue weighted by molar-refractivity contribution is 0.135. The molecule has 0 spiro atoms. The van der Waals surface area contributed by atoms with E-state index in [1.54, 1.807) is 0 Å². The third-order valence-electron chi connectivity index (χ3n) is 3.23. The zero-order valence-corrected chi connectivity index (χ0v) is 10.2. The third kappa shape index (κ3) is 2.62. The van der Waals surface area contributed by atoms with Gasteiger partial charge in [-0.25, -0.2) is 4.98 Å². The van der Waals surface area contributed by atoms with Crippen molar-refractivity contribution in [2.75, 3.05) is 19.6 Å². The van der Waals surface area contributed by atoms with Crippen molar-refractivity contribution in [2.24, 2.45) is 0 Å². The molecule has 1 aromatic heterocycles. The summed E-state index contributed by atoms with van der Waals surface area (Å²) in [7, 11) is 0. The monoisotopic (exact) mass is 223 g/mol. The molecule has 4 nitrogen and oxygen atoms in total. The number of piperazine rings is 1. The molecule has 0 aliphatic carbocycles. The van der Waals surface area contributed by atoms with Crippen LogP contribution < -0.4 is 5.32 Å². The molecule has 0 aromatic carbocycles. The average Bonchev–Trinajstić information content (AvgIpc) is 2.77. The van der Waals surface area contributed by atoms with Gasteiger partial charge in [0.05, 0.1) is 12.7 Å². The highest BCUT2D eigenvalue weighted by Crippen LogP contribution is 2.13. The number of hydrogen-bond acceptors (Lipinski definition) is 4. The van der Waals surface area contributed by atoms with Crippen molar-refractivity contribution >= 4 is 0 Å². The molecule has 4 heteroatoms. The number of hydrogen-bond donors (Lipinski definition) is 1. The molecule has 0 radical (unpaired) electrons. The van der Waals surface area contributed by atoms with Crippen molar-refractivity contribution in [3.8, 4) is 0 Å². The van der Waals surface area contributed by atoms with Gasteiger partial charge in [-0.2, -0.15) is 0 Å². The zero-order valence-electron chi connectivity index (χ0n) is 10.2. The van der Waals surface area contributed by atoms with Gasteiger partial charge in [-0.15, -0.1) is 0 Å². The topological polar surface area (TPSA) is 41.3 Å². The van der Waals surface area contributed by atoms with Crippen molar-refractivity contribution in [1.29, 1.82) is 0 Å². The van der Waals surface area contributed by atoms with Crippen LogP contribution in [-0.4, -0.2) is 35.6 Å². The second kappa shape index (κ2) is 5.46. The van der Waals surface area contributed by atoms with Gasteiger partial charge >= 0.3 is 0 Å². The molecular weight excluding hydrogens is 202 g/mol. The Morgan fingerprint density at radius 1 is 1.56 bits per heavy atom. The molecule has 90 valence electrons. The molecule has 16 heavy (non-hydrogen) atoms. The SMILES string of the molecule is CCc1cnc(CN2CCNCC2CC)o1. The first-order valence-electron chi connectivity index (χ1n) is 6.21. The van der Waals surface area contributed by atoms with E-state index in [4.69, 9.17) is 4.42 Å². The summed E-state index contributed by atoms with van der Waals surface area (Å²) in [6, 6.07) is 0.616. The smallest absolute Gasteiger partial charge is 0.208 e. The van der Waals surface area contributed by atoms with E-state index in [-0.39, 0.29) is 0 Å². The lowest BCUT2D eigenvalue weighted by Gasteiger charge is -2.34. The van der Waals surface area contributed by atoms with Crippen LogP contribution in [0.2, 0.25) is 0 Å². The summed E-state index contributed by atoms with van der Waals surface area (Å²) >= 11 is 0.